The van der Waals surface area contributed by atoms with E-state index in [1.54, 1.807) is 6.07 Å². The monoisotopic (exact) mass is 1180 g/mol. The summed E-state index contributed by atoms with van der Waals surface area (Å²) in [6.45, 7) is 9.53. The van der Waals surface area contributed by atoms with Gasteiger partial charge in [0, 0.05) is 90.7 Å². The minimum Gasteiger partial charge on any atom is -0.478 e. The highest BCUT2D eigenvalue weighted by Gasteiger charge is 2.41. The standard InChI is InChI=1S/C47H58N7O19P3S2/c1-5-48-37-23-39-35(20-28(37)3)42(36-21-29(4)38(49-6-2)24-40(36)71-39)34-22-30(10-12-33(34)45(57)58)43(55)50-17-19-77-78-27-68-18-9-7-8-15-51-46(59)52-16-14-31-25-54(47(60)53-44(31)56)41-13-11-32(70-41)26-69-75(64,65)73-76(66,67)72-74(61,62)63/h10,12,20-25,32,41,48H,5-9,11,13,15,17-19,26-27H2,1-4H3,(H,50,55)(H,57,58)(H,64,65)(H,66,67)(H2,51,52,59)(H,53,56,60)(H2,61,62,63)/b49-38-/t32-,41+/m0/s1. The molecule has 1 saturated heterocycles. The molecule has 0 radical (unpaired) electrons. The number of aromatic carboxylic acids is 1. The summed E-state index contributed by atoms with van der Waals surface area (Å²) in [6.07, 6.45) is 1.40. The molecule has 422 valence electrons. The van der Waals surface area contributed by atoms with Crippen molar-refractivity contribution in [3.63, 3.8) is 0 Å². The number of carbonyl (C=O) groups is 3. The fraction of sp³-hybridized carbons (Fsp3) is 0.404. The number of nitrogens with one attached hydrogen (secondary N) is 5. The number of hydrogen-bond donors (Lipinski definition) is 10. The zero-order chi connectivity index (χ0) is 56.8. The summed E-state index contributed by atoms with van der Waals surface area (Å²) >= 11 is 0. The van der Waals surface area contributed by atoms with Crippen LogP contribution in [0.4, 0.5) is 10.5 Å². The van der Waals surface area contributed by atoms with Gasteiger partial charge in [-0.2, -0.15) is 8.62 Å². The second-order valence-electron chi connectivity index (χ2n) is 17.1. The highest BCUT2D eigenvalue weighted by molar-refractivity contribution is 8.76. The van der Waals surface area contributed by atoms with E-state index in [9.17, 15) is 52.6 Å². The first-order valence-electron chi connectivity index (χ1n) is 24.1. The number of amides is 3. The summed E-state index contributed by atoms with van der Waals surface area (Å²) in [6, 6.07) is 14.0. The van der Waals surface area contributed by atoms with Gasteiger partial charge in [0.05, 0.1) is 23.6 Å². The molecule has 1 aromatic heterocycles. The molecule has 4 atom stereocenters. The first kappa shape index (κ1) is 61.6. The van der Waals surface area contributed by atoms with Crippen molar-refractivity contribution in [1.82, 2.24) is 25.5 Å². The van der Waals surface area contributed by atoms with Crippen molar-refractivity contribution in [2.45, 2.75) is 72.1 Å². The number of benzene rings is 3. The van der Waals surface area contributed by atoms with Crippen LogP contribution in [-0.4, -0.2) is 109 Å². The summed E-state index contributed by atoms with van der Waals surface area (Å²) in [4.78, 5) is 106. The second-order valence-corrected chi connectivity index (χ2v) is 24.1. The largest absolute Gasteiger partial charge is 0.490 e. The number of hydrogen-bond acceptors (Lipinski definition) is 18. The number of carboxylic acid groups (broad SMARTS) is 1. The Kier molecular flexibility index (Phi) is 22.1. The Morgan fingerprint density at radius 2 is 1.69 bits per heavy atom. The molecule has 0 spiro atoms. The Morgan fingerprint density at radius 1 is 0.910 bits per heavy atom. The number of anilines is 1. The topological polar surface area (TPSA) is 378 Å². The SMILES string of the molecule is CC/N=c1/cc2oc3cc(NCC)c(C)cc3c(-c3cc(C(=O)NCCSSCOCCCCCNC(=O)NC#Cc4cn([C@H]5CC[C@@H](COP(=O)(O)OP(=O)(O)OP(=O)(O)O)O5)c(=O)[nH]c4=O)ccc3C(=O)O)c-2cc1C. The van der Waals surface area contributed by atoms with Gasteiger partial charge in [-0.1, -0.05) is 21.6 Å². The number of carbonyl (C=O) groups excluding carboxylic acids is 2. The van der Waals surface area contributed by atoms with Gasteiger partial charge in [0.25, 0.3) is 11.5 Å². The molecule has 3 amide bonds. The van der Waals surface area contributed by atoms with E-state index < -0.39 is 65.7 Å². The number of carboxylic acids is 1. The number of aromatic nitrogens is 2. The molecule has 1 fully saturated rings. The maximum Gasteiger partial charge on any atom is 0.490 e. The van der Waals surface area contributed by atoms with Crippen LogP contribution in [0.2, 0.25) is 0 Å². The summed E-state index contributed by atoms with van der Waals surface area (Å²) in [5, 5.41) is 23.1. The molecule has 0 saturated carbocycles. The molecule has 2 aliphatic heterocycles. The Bertz CT molecular complexity index is 3390. The van der Waals surface area contributed by atoms with E-state index in [0.717, 1.165) is 45.8 Å². The van der Waals surface area contributed by atoms with Crippen LogP contribution in [0.5, 0.6) is 0 Å². The van der Waals surface area contributed by atoms with Gasteiger partial charge in [-0.15, -0.1) is 0 Å². The van der Waals surface area contributed by atoms with Crippen LogP contribution in [0.15, 0.2) is 67.7 Å². The Morgan fingerprint density at radius 3 is 2.42 bits per heavy atom. The number of nitrogens with zero attached hydrogens (tertiary/aromatic N) is 2. The molecule has 78 heavy (non-hydrogen) atoms. The van der Waals surface area contributed by atoms with Crippen LogP contribution < -0.4 is 37.9 Å². The van der Waals surface area contributed by atoms with E-state index in [1.165, 1.54) is 33.7 Å². The summed E-state index contributed by atoms with van der Waals surface area (Å²) in [5.41, 5.74) is 3.37. The number of rotatable bonds is 26. The number of phosphoric ester groups is 1. The normalized spacial score (nSPS) is 16.3. The van der Waals surface area contributed by atoms with Crippen molar-refractivity contribution in [3.8, 4) is 34.4 Å². The number of fused-ring (bicyclic) bond motifs is 2. The van der Waals surface area contributed by atoms with Crippen LogP contribution >= 0.6 is 45.1 Å². The second kappa shape index (κ2) is 28.0. The van der Waals surface area contributed by atoms with Gasteiger partial charge in [0.1, 0.15) is 29.1 Å². The van der Waals surface area contributed by atoms with Gasteiger partial charge in [-0.3, -0.25) is 34.0 Å². The third kappa shape index (κ3) is 17.7. The first-order valence-corrected chi connectivity index (χ1v) is 31.1. The van der Waals surface area contributed by atoms with E-state index in [4.69, 9.17) is 23.7 Å². The number of H-pyrrole nitrogens is 1. The van der Waals surface area contributed by atoms with Gasteiger partial charge in [0.2, 0.25) is 0 Å². The van der Waals surface area contributed by atoms with Crippen molar-refractivity contribution >= 4 is 79.6 Å². The highest BCUT2D eigenvalue weighted by Crippen LogP contribution is 2.66. The summed E-state index contributed by atoms with van der Waals surface area (Å²) in [5.74, 6) is 2.47. The van der Waals surface area contributed by atoms with Crippen LogP contribution in [0.1, 0.15) is 89.6 Å². The molecule has 6 rings (SSSR count). The molecular formula is C47H58N7O19P3S2. The fourth-order valence-corrected chi connectivity index (χ4v) is 12.6. The van der Waals surface area contributed by atoms with Crippen molar-refractivity contribution in [2.24, 2.45) is 4.99 Å². The summed E-state index contributed by atoms with van der Waals surface area (Å²) in [7, 11) is -13.7. The quantitative estimate of drug-likeness (QED) is 0.00551. The van der Waals surface area contributed by atoms with E-state index in [2.05, 4.69) is 56.4 Å². The average Bonchev–Trinajstić information content (AvgIpc) is 3.85. The molecule has 3 aromatic rings. The van der Waals surface area contributed by atoms with Crippen molar-refractivity contribution in [3.05, 3.63) is 103 Å². The molecule has 10 N–H and O–H groups in total. The number of aryl methyl sites for hydroxylation is 2. The minimum atomic E-state index is -5.72. The molecule has 1 aliphatic carbocycles. The molecule has 0 bridgehead atoms. The lowest BCUT2D eigenvalue weighted by Gasteiger charge is -2.20. The predicted octanol–water partition coefficient (Wildman–Crippen LogP) is 6.31. The van der Waals surface area contributed by atoms with Gasteiger partial charge in [-0.25, -0.2) is 28.1 Å². The van der Waals surface area contributed by atoms with E-state index in [0.29, 0.717) is 89.9 Å². The maximum absolute atomic E-state index is 13.5. The highest BCUT2D eigenvalue weighted by atomic mass is 33.1. The summed E-state index contributed by atoms with van der Waals surface area (Å²) < 4.78 is 65.1. The van der Waals surface area contributed by atoms with Crippen LogP contribution in [0.3, 0.4) is 0 Å². The van der Waals surface area contributed by atoms with Crippen LogP contribution in [0.25, 0.3) is 33.4 Å². The lowest BCUT2D eigenvalue weighted by molar-refractivity contribution is -0.0243. The Hall–Kier alpha value is -5.59. The van der Waals surface area contributed by atoms with Gasteiger partial charge < -0.3 is 54.5 Å². The third-order valence-corrected chi connectivity index (χ3v) is 17.3. The Labute approximate surface area is 453 Å². The van der Waals surface area contributed by atoms with E-state index in [1.807, 2.05) is 52.0 Å². The number of urea groups is 1. The van der Waals surface area contributed by atoms with Crippen molar-refractivity contribution in [1.29, 1.82) is 0 Å². The smallest absolute Gasteiger partial charge is 0.478 e. The molecular weight excluding hydrogens is 1120 g/mol. The first-order chi connectivity index (χ1) is 37.0. The lowest BCUT2D eigenvalue weighted by Crippen LogP contribution is -2.34. The number of unbranched alkanes of at least 4 members (excludes halogenated alkanes) is 2. The fourth-order valence-electron chi connectivity index (χ4n) is 7.96. The maximum atomic E-state index is 13.5. The molecule has 2 unspecified atom stereocenters. The van der Waals surface area contributed by atoms with Crippen LogP contribution in [-0.2, 0) is 36.3 Å². The number of aromatic amines is 1. The van der Waals surface area contributed by atoms with Gasteiger partial charge >= 0.3 is 41.2 Å². The average molecular weight is 1180 g/mol. The van der Waals surface area contributed by atoms with Crippen LogP contribution in [0, 0.1) is 25.8 Å². The van der Waals surface area contributed by atoms with E-state index in [-0.39, 0.29) is 29.9 Å². The van der Waals surface area contributed by atoms with Crippen molar-refractivity contribution in [2.75, 3.05) is 56.4 Å². The molecule has 3 aliphatic rings. The lowest BCUT2D eigenvalue weighted by atomic mass is 9.88. The molecule has 31 heteroatoms. The predicted molar refractivity (Wildman–Crippen MR) is 290 cm³/mol. The minimum absolute atomic E-state index is 0.0400. The zero-order valence-corrected chi connectivity index (χ0v) is 46.8. The van der Waals surface area contributed by atoms with Gasteiger partial charge in [0.15, 0.2) is 0 Å². The number of ether oxygens (including phenoxy) is 2. The molecule has 3 heterocycles. The van der Waals surface area contributed by atoms with Gasteiger partial charge in [-0.05, 0) is 113 Å². The zero-order valence-electron chi connectivity index (χ0n) is 42.5. The van der Waals surface area contributed by atoms with Crippen molar-refractivity contribution < 1.29 is 79.8 Å². The Balaban J connectivity index is 0.888. The number of phosphoric acid groups is 3. The molecule has 26 nitrogen and oxygen atoms in total. The van der Waals surface area contributed by atoms with E-state index >= 15 is 0 Å². The third-order valence-electron chi connectivity index (χ3n) is 11.4. The molecule has 2 aromatic carbocycles.